The van der Waals surface area contributed by atoms with E-state index in [2.05, 4.69) is 0 Å². The molecule has 0 N–H and O–H groups in total. The van der Waals surface area contributed by atoms with Crippen LogP contribution >= 0.6 is 0 Å². The van der Waals surface area contributed by atoms with Crippen molar-refractivity contribution in [2.24, 2.45) is 0 Å². The Morgan fingerprint density at radius 3 is 3.00 bits per heavy atom. The van der Waals surface area contributed by atoms with Crippen LogP contribution in [0.4, 0.5) is 0 Å². The molecule has 2 heterocycles. The molecule has 18 heavy (non-hydrogen) atoms. The second kappa shape index (κ2) is 4.46. The average molecular weight is 245 g/mol. The third-order valence-electron chi connectivity index (χ3n) is 3.16. The molecule has 1 aromatic heterocycles. The van der Waals surface area contributed by atoms with Crippen molar-refractivity contribution in [1.29, 1.82) is 0 Å². The van der Waals surface area contributed by atoms with E-state index in [1.165, 1.54) is 0 Å². The monoisotopic (exact) mass is 245 g/mol. The number of fused-ring (bicyclic) bond motifs is 1. The Labute approximate surface area is 105 Å². The van der Waals surface area contributed by atoms with E-state index in [0.29, 0.717) is 25.5 Å². The highest BCUT2D eigenvalue weighted by Crippen LogP contribution is 2.20. The number of hydrogen-bond acceptors (Lipinski definition) is 3. The molecule has 3 rings (SSSR count). The van der Waals surface area contributed by atoms with Gasteiger partial charge in [0.2, 0.25) is 0 Å². The fourth-order valence-corrected chi connectivity index (χ4v) is 2.25. The van der Waals surface area contributed by atoms with E-state index < -0.39 is 0 Å². The minimum absolute atomic E-state index is 0.0543. The van der Waals surface area contributed by atoms with Crippen LogP contribution < -0.4 is 0 Å². The first-order chi connectivity index (χ1) is 8.74. The number of benzene rings is 1. The lowest BCUT2D eigenvalue weighted by Gasteiger charge is -2.30. The van der Waals surface area contributed by atoms with E-state index in [9.17, 15) is 4.79 Å². The maximum atomic E-state index is 12.3. The van der Waals surface area contributed by atoms with E-state index >= 15 is 0 Å². The SMILES string of the molecule is C[C@@H]1CN(C(=O)c2cc3ccccc3o2)CCO1. The summed E-state index contributed by atoms with van der Waals surface area (Å²) in [7, 11) is 0. The van der Waals surface area contributed by atoms with Crippen molar-refractivity contribution in [3.63, 3.8) is 0 Å². The van der Waals surface area contributed by atoms with E-state index in [4.69, 9.17) is 9.15 Å². The number of ether oxygens (including phenoxy) is 1. The molecular formula is C14H15NO3. The standard InChI is InChI=1S/C14H15NO3/c1-10-9-15(6-7-17-10)14(16)13-8-11-4-2-3-5-12(11)18-13/h2-5,8,10H,6-7,9H2,1H3/t10-/m1/s1. The van der Waals surface area contributed by atoms with E-state index in [1.807, 2.05) is 31.2 Å². The highest BCUT2D eigenvalue weighted by molar-refractivity contribution is 5.96. The normalized spacial score (nSPS) is 20.3. The summed E-state index contributed by atoms with van der Waals surface area (Å²) >= 11 is 0. The lowest BCUT2D eigenvalue weighted by Crippen LogP contribution is -2.44. The number of para-hydroxylation sites is 1. The molecule has 1 aromatic carbocycles. The third-order valence-corrected chi connectivity index (χ3v) is 3.16. The van der Waals surface area contributed by atoms with Gasteiger partial charge in [-0.25, -0.2) is 0 Å². The van der Waals surface area contributed by atoms with Crippen LogP contribution in [0.25, 0.3) is 11.0 Å². The van der Waals surface area contributed by atoms with Gasteiger partial charge in [-0.1, -0.05) is 18.2 Å². The van der Waals surface area contributed by atoms with Crippen LogP contribution in [0.1, 0.15) is 17.5 Å². The van der Waals surface area contributed by atoms with Gasteiger partial charge >= 0.3 is 0 Å². The number of hydrogen-bond donors (Lipinski definition) is 0. The second-order valence-corrected chi connectivity index (χ2v) is 4.58. The maximum absolute atomic E-state index is 12.3. The summed E-state index contributed by atoms with van der Waals surface area (Å²) < 4.78 is 11.0. The summed E-state index contributed by atoms with van der Waals surface area (Å²) in [4.78, 5) is 14.1. The average Bonchev–Trinajstić information content (AvgIpc) is 2.81. The molecule has 1 aliphatic heterocycles. The Morgan fingerprint density at radius 1 is 1.39 bits per heavy atom. The highest BCUT2D eigenvalue weighted by atomic mass is 16.5. The maximum Gasteiger partial charge on any atom is 0.289 e. The molecular weight excluding hydrogens is 230 g/mol. The minimum atomic E-state index is -0.0543. The van der Waals surface area contributed by atoms with Gasteiger partial charge in [0.05, 0.1) is 12.7 Å². The van der Waals surface area contributed by atoms with E-state index in [-0.39, 0.29) is 12.0 Å². The Balaban J connectivity index is 1.87. The number of carbonyl (C=O) groups is 1. The zero-order valence-electron chi connectivity index (χ0n) is 10.3. The van der Waals surface area contributed by atoms with Crippen molar-refractivity contribution in [3.05, 3.63) is 36.1 Å². The van der Waals surface area contributed by atoms with Crippen LogP contribution in [-0.4, -0.2) is 36.6 Å². The minimum Gasteiger partial charge on any atom is -0.451 e. The molecule has 1 amide bonds. The molecule has 94 valence electrons. The molecule has 1 saturated heterocycles. The zero-order valence-corrected chi connectivity index (χ0v) is 10.3. The summed E-state index contributed by atoms with van der Waals surface area (Å²) in [6.45, 7) is 3.81. The lowest BCUT2D eigenvalue weighted by atomic mass is 10.2. The number of amides is 1. The topological polar surface area (TPSA) is 42.7 Å². The summed E-state index contributed by atoms with van der Waals surface area (Å²) in [5, 5.41) is 0.960. The largest absolute Gasteiger partial charge is 0.451 e. The second-order valence-electron chi connectivity index (χ2n) is 4.58. The van der Waals surface area contributed by atoms with Gasteiger partial charge in [0.15, 0.2) is 5.76 Å². The Bertz CT molecular complexity index is 542. The van der Waals surface area contributed by atoms with Gasteiger partial charge in [-0.05, 0) is 19.1 Å². The lowest BCUT2D eigenvalue weighted by molar-refractivity contribution is -0.0134. The molecule has 1 atom stereocenters. The summed E-state index contributed by atoms with van der Waals surface area (Å²) in [6.07, 6.45) is 0.0899. The van der Waals surface area contributed by atoms with Crippen LogP contribution in [-0.2, 0) is 4.74 Å². The number of morpholine rings is 1. The molecule has 0 spiro atoms. The zero-order chi connectivity index (χ0) is 12.5. The molecule has 0 radical (unpaired) electrons. The molecule has 0 aliphatic carbocycles. The summed E-state index contributed by atoms with van der Waals surface area (Å²) in [5.74, 6) is 0.353. The summed E-state index contributed by atoms with van der Waals surface area (Å²) in [6, 6.07) is 9.45. The smallest absolute Gasteiger partial charge is 0.289 e. The molecule has 0 unspecified atom stereocenters. The molecule has 1 fully saturated rings. The quantitative estimate of drug-likeness (QED) is 0.774. The molecule has 0 bridgehead atoms. The summed E-state index contributed by atoms with van der Waals surface area (Å²) in [5.41, 5.74) is 0.752. The molecule has 4 heteroatoms. The van der Waals surface area contributed by atoms with Crippen molar-refractivity contribution >= 4 is 16.9 Å². The molecule has 0 saturated carbocycles. The molecule has 1 aliphatic rings. The van der Waals surface area contributed by atoms with Crippen molar-refractivity contribution in [1.82, 2.24) is 4.90 Å². The van der Waals surface area contributed by atoms with Gasteiger partial charge in [-0.2, -0.15) is 0 Å². The van der Waals surface area contributed by atoms with E-state index in [0.717, 1.165) is 11.0 Å². The third kappa shape index (κ3) is 1.99. The Hall–Kier alpha value is -1.81. The van der Waals surface area contributed by atoms with Gasteiger partial charge < -0.3 is 14.1 Å². The van der Waals surface area contributed by atoms with E-state index in [1.54, 1.807) is 11.0 Å². The first-order valence-electron chi connectivity index (χ1n) is 6.13. The predicted octanol–water partition coefficient (Wildman–Crippen LogP) is 2.29. The Kier molecular flexibility index (Phi) is 2.80. The Morgan fingerprint density at radius 2 is 2.22 bits per heavy atom. The predicted molar refractivity (Wildman–Crippen MR) is 67.5 cm³/mol. The first kappa shape index (κ1) is 11.3. The van der Waals surface area contributed by atoms with Gasteiger partial charge in [-0.15, -0.1) is 0 Å². The molecule has 2 aromatic rings. The van der Waals surface area contributed by atoms with Crippen LogP contribution in [0.5, 0.6) is 0 Å². The number of furan rings is 1. The van der Waals surface area contributed by atoms with Gasteiger partial charge in [0.1, 0.15) is 5.58 Å². The van der Waals surface area contributed by atoms with Gasteiger partial charge in [0.25, 0.3) is 5.91 Å². The number of carbonyl (C=O) groups excluding carboxylic acids is 1. The van der Waals surface area contributed by atoms with Gasteiger partial charge in [0, 0.05) is 18.5 Å². The van der Waals surface area contributed by atoms with Crippen molar-refractivity contribution in [2.75, 3.05) is 19.7 Å². The van der Waals surface area contributed by atoms with Gasteiger partial charge in [-0.3, -0.25) is 4.79 Å². The van der Waals surface area contributed by atoms with Crippen molar-refractivity contribution in [3.8, 4) is 0 Å². The fourth-order valence-electron chi connectivity index (χ4n) is 2.25. The van der Waals surface area contributed by atoms with Crippen molar-refractivity contribution in [2.45, 2.75) is 13.0 Å². The number of rotatable bonds is 1. The molecule has 4 nitrogen and oxygen atoms in total. The van der Waals surface area contributed by atoms with Crippen molar-refractivity contribution < 1.29 is 13.9 Å². The fraction of sp³-hybridized carbons (Fsp3) is 0.357. The van der Waals surface area contributed by atoms with Crippen LogP contribution in [0, 0.1) is 0 Å². The first-order valence-corrected chi connectivity index (χ1v) is 6.13. The highest BCUT2D eigenvalue weighted by Gasteiger charge is 2.24. The van der Waals surface area contributed by atoms with Crippen LogP contribution in [0.2, 0.25) is 0 Å². The van der Waals surface area contributed by atoms with Crippen LogP contribution in [0.3, 0.4) is 0 Å². The van der Waals surface area contributed by atoms with Crippen LogP contribution in [0.15, 0.2) is 34.7 Å². The number of nitrogens with zero attached hydrogens (tertiary/aromatic N) is 1.